The lowest BCUT2D eigenvalue weighted by Gasteiger charge is -2.40. The summed E-state index contributed by atoms with van der Waals surface area (Å²) in [4.78, 5) is 81.6. The van der Waals surface area contributed by atoms with Gasteiger partial charge in [0.25, 0.3) is 11.8 Å². The molecule has 42 heavy (non-hydrogen) atoms. The molecule has 1 saturated carbocycles. The SMILES string of the molecule is CC(C)C(=O)OCC1CN(C(=O)CCNC(=O)OCC2[C@H]3CCC#CCC[C@@H]23)CCN1CC(=O)ON1C(=O)CCC1=O. The first-order chi connectivity index (χ1) is 20.1. The second-order valence-electron chi connectivity index (χ2n) is 11.5. The van der Waals surface area contributed by atoms with Gasteiger partial charge in [0.1, 0.15) is 6.61 Å². The minimum absolute atomic E-state index is 0.00938. The molecule has 2 unspecified atom stereocenters. The van der Waals surface area contributed by atoms with Crippen molar-refractivity contribution in [3.05, 3.63) is 0 Å². The molecule has 4 atom stereocenters. The maximum Gasteiger partial charge on any atom is 0.407 e. The molecule has 0 aromatic rings. The van der Waals surface area contributed by atoms with Gasteiger partial charge in [-0.25, -0.2) is 9.59 Å². The topological polar surface area (TPSA) is 152 Å². The minimum Gasteiger partial charge on any atom is -0.464 e. The second-order valence-corrected chi connectivity index (χ2v) is 11.5. The van der Waals surface area contributed by atoms with Crippen molar-refractivity contribution in [2.45, 2.75) is 64.8 Å². The minimum atomic E-state index is -0.800. The predicted molar refractivity (Wildman–Crippen MR) is 146 cm³/mol. The number of hydrogen-bond donors (Lipinski definition) is 1. The maximum atomic E-state index is 12.9. The fraction of sp³-hybridized carbons (Fsp3) is 0.724. The molecule has 0 bridgehead atoms. The Morgan fingerprint density at radius 2 is 1.62 bits per heavy atom. The Bertz CT molecular complexity index is 1100. The van der Waals surface area contributed by atoms with Crippen LogP contribution in [0.15, 0.2) is 0 Å². The number of amides is 4. The highest BCUT2D eigenvalue weighted by atomic mass is 16.7. The van der Waals surface area contributed by atoms with Crippen molar-refractivity contribution in [2.75, 3.05) is 45.9 Å². The zero-order valence-electron chi connectivity index (χ0n) is 24.3. The van der Waals surface area contributed by atoms with E-state index in [4.69, 9.17) is 14.3 Å². The van der Waals surface area contributed by atoms with Crippen molar-refractivity contribution in [2.24, 2.45) is 23.7 Å². The lowest BCUT2D eigenvalue weighted by molar-refractivity contribution is -0.199. The average Bonchev–Trinajstić information content (AvgIpc) is 3.49. The van der Waals surface area contributed by atoms with E-state index in [0.717, 1.165) is 25.7 Å². The van der Waals surface area contributed by atoms with E-state index in [1.54, 1.807) is 23.6 Å². The summed E-state index contributed by atoms with van der Waals surface area (Å²) < 4.78 is 10.8. The van der Waals surface area contributed by atoms with Crippen LogP contribution in [0.5, 0.6) is 0 Å². The number of nitrogens with one attached hydrogen (secondary N) is 1. The molecule has 4 aliphatic rings. The van der Waals surface area contributed by atoms with Gasteiger partial charge in [-0.15, -0.1) is 16.9 Å². The monoisotopic (exact) mass is 588 g/mol. The first-order valence-corrected chi connectivity index (χ1v) is 14.8. The molecule has 0 radical (unpaired) electrons. The van der Waals surface area contributed by atoms with Crippen LogP contribution in [0.1, 0.15) is 58.8 Å². The summed E-state index contributed by atoms with van der Waals surface area (Å²) in [5.41, 5.74) is 0. The van der Waals surface area contributed by atoms with Crippen LogP contribution >= 0.6 is 0 Å². The van der Waals surface area contributed by atoms with Crippen molar-refractivity contribution in [3.8, 4) is 11.8 Å². The summed E-state index contributed by atoms with van der Waals surface area (Å²) >= 11 is 0. The number of nitrogens with zero attached hydrogens (tertiary/aromatic N) is 3. The fourth-order valence-corrected chi connectivity index (χ4v) is 5.72. The van der Waals surface area contributed by atoms with E-state index in [1.165, 1.54) is 0 Å². The highest BCUT2D eigenvalue weighted by Gasteiger charge is 2.49. The van der Waals surface area contributed by atoms with E-state index < -0.39 is 35.9 Å². The molecule has 4 amide bonds. The van der Waals surface area contributed by atoms with Gasteiger partial charge in [-0.1, -0.05) is 13.8 Å². The molecular formula is C29H40N4O9. The van der Waals surface area contributed by atoms with Crippen LogP contribution in [-0.4, -0.2) is 103 Å². The average molecular weight is 589 g/mol. The van der Waals surface area contributed by atoms with E-state index in [9.17, 15) is 28.8 Å². The van der Waals surface area contributed by atoms with Crippen LogP contribution < -0.4 is 5.32 Å². The predicted octanol–water partition coefficient (Wildman–Crippen LogP) is 0.862. The molecule has 2 aliphatic carbocycles. The maximum absolute atomic E-state index is 12.9. The van der Waals surface area contributed by atoms with Crippen molar-refractivity contribution in [1.29, 1.82) is 0 Å². The lowest BCUT2D eigenvalue weighted by Crippen LogP contribution is -2.58. The number of imide groups is 1. The number of ether oxygens (including phenoxy) is 2. The summed E-state index contributed by atoms with van der Waals surface area (Å²) in [6, 6.07) is -0.512. The summed E-state index contributed by atoms with van der Waals surface area (Å²) in [6.45, 7) is 4.31. The number of carbonyl (C=O) groups excluding carboxylic acids is 6. The van der Waals surface area contributed by atoms with Gasteiger partial charge >= 0.3 is 18.0 Å². The van der Waals surface area contributed by atoms with Crippen molar-refractivity contribution in [1.82, 2.24) is 20.2 Å². The first kappa shape index (κ1) is 31.3. The van der Waals surface area contributed by atoms with E-state index in [0.29, 0.717) is 36.0 Å². The van der Waals surface area contributed by atoms with Crippen molar-refractivity contribution < 1.29 is 43.1 Å². The molecule has 0 aromatic carbocycles. The van der Waals surface area contributed by atoms with Crippen LogP contribution in [0, 0.1) is 35.5 Å². The zero-order chi connectivity index (χ0) is 30.2. The van der Waals surface area contributed by atoms with E-state index >= 15 is 0 Å². The third-order valence-electron chi connectivity index (χ3n) is 8.23. The molecule has 13 nitrogen and oxygen atoms in total. The van der Waals surface area contributed by atoms with E-state index in [1.807, 2.05) is 0 Å². The summed E-state index contributed by atoms with van der Waals surface area (Å²) in [5.74, 6) is 4.95. The van der Waals surface area contributed by atoms with E-state index in [-0.39, 0.29) is 63.9 Å². The van der Waals surface area contributed by atoms with Gasteiger partial charge in [-0.05, 0) is 30.6 Å². The second kappa shape index (κ2) is 14.5. The molecular weight excluding hydrogens is 548 g/mol. The molecule has 0 spiro atoms. The van der Waals surface area contributed by atoms with Crippen molar-refractivity contribution in [3.63, 3.8) is 0 Å². The number of piperazine rings is 1. The summed E-state index contributed by atoms with van der Waals surface area (Å²) in [7, 11) is 0. The van der Waals surface area contributed by atoms with Crippen LogP contribution in [-0.2, 0) is 38.3 Å². The molecule has 1 N–H and O–H groups in total. The van der Waals surface area contributed by atoms with Crippen LogP contribution in [0.25, 0.3) is 0 Å². The number of carbonyl (C=O) groups is 6. The molecule has 2 aliphatic heterocycles. The molecule has 3 fully saturated rings. The van der Waals surface area contributed by atoms with Crippen LogP contribution in [0.3, 0.4) is 0 Å². The van der Waals surface area contributed by atoms with Gasteiger partial charge in [0.2, 0.25) is 5.91 Å². The number of alkyl carbamates (subject to hydrolysis) is 1. The Labute approximate surface area is 245 Å². The Hall–Kier alpha value is -3.66. The highest BCUT2D eigenvalue weighted by Crippen LogP contribution is 2.52. The standard InChI is InChI=1S/C29H40N4O9/c1-19(2)28(38)40-17-20-15-32(14-13-31(20)16-27(37)42-33-25(35)9-10-26(33)36)24(34)11-12-30-29(39)41-18-23-21-7-5-3-4-6-8-22(21)23/h19-23H,5-18H2,1-2H3,(H,30,39)/t20?,21-,22+,23?. The third kappa shape index (κ3) is 8.44. The summed E-state index contributed by atoms with van der Waals surface area (Å²) in [6.07, 6.45) is 3.38. The van der Waals surface area contributed by atoms with Gasteiger partial charge in [0, 0.05) is 58.3 Å². The van der Waals surface area contributed by atoms with Crippen molar-refractivity contribution >= 4 is 35.8 Å². The smallest absolute Gasteiger partial charge is 0.407 e. The Morgan fingerprint density at radius 3 is 2.26 bits per heavy atom. The zero-order valence-corrected chi connectivity index (χ0v) is 24.3. The molecule has 2 heterocycles. The van der Waals surface area contributed by atoms with Crippen LogP contribution in [0.2, 0.25) is 0 Å². The lowest BCUT2D eigenvalue weighted by atomic mass is 10.1. The first-order valence-electron chi connectivity index (χ1n) is 14.8. The summed E-state index contributed by atoms with van der Waals surface area (Å²) in [5, 5.41) is 3.14. The number of hydroxylamine groups is 2. The Balaban J connectivity index is 1.21. The normalized spacial score (nSPS) is 25.5. The van der Waals surface area contributed by atoms with Gasteiger partial charge < -0.3 is 24.5 Å². The number of hydrogen-bond acceptors (Lipinski definition) is 10. The quantitative estimate of drug-likeness (QED) is 0.209. The fourth-order valence-electron chi connectivity index (χ4n) is 5.72. The van der Waals surface area contributed by atoms with Gasteiger partial charge in [-0.2, -0.15) is 0 Å². The molecule has 0 aromatic heterocycles. The van der Waals surface area contributed by atoms with Gasteiger partial charge in [-0.3, -0.25) is 24.1 Å². The molecule has 230 valence electrons. The number of fused-ring (bicyclic) bond motifs is 1. The largest absolute Gasteiger partial charge is 0.464 e. The number of esters is 1. The molecule has 4 rings (SSSR count). The Morgan fingerprint density at radius 1 is 0.952 bits per heavy atom. The molecule has 13 heteroatoms. The van der Waals surface area contributed by atoms with Gasteiger partial charge in [0.05, 0.1) is 25.1 Å². The highest BCUT2D eigenvalue weighted by molar-refractivity contribution is 6.01. The number of rotatable bonds is 11. The Kier molecular flexibility index (Phi) is 10.8. The third-order valence-corrected chi connectivity index (χ3v) is 8.23. The van der Waals surface area contributed by atoms with E-state index in [2.05, 4.69) is 17.2 Å². The van der Waals surface area contributed by atoms with Crippen LogP contribution in [0.4, 0.5) is 4.79 Å². The molecule has 2 saturated heterocycles. The van der Waals surface area contributed by atoms with Gasteiger partial charge in [0.15, 0.2) is 0 Å².